The smallest absolute Gasteiger partial charge is 0.226 e. The number of rotatable bonds is 7. The molecule has 0 spiro atoms. The first kappa shape index (κ1) is 22.5. The molecule has 146 valence electrons. The summed E-state index contributed by atoms with van der Waals surface area (Å²) in [5, 5.41) is 9.28. The van der Waals surface area contributed by atoms with E-state index < -0.39 is 0 Å². The van der Waals surface area contributed by atoms with Crippen LogP contribution in [0, 0.1) is 17.8 Å². The Hall–Kier alpha value is -1.59. The van der Waals surface area contributed by atoms with E-state index in [1.54, 1.807) is 0 Å². The first-order valence-corrected chi connectivity index (χ1v) is 9.33. The highest BCUT2D eigenvalue weighted by Gasteiger charge is 2.21. The number of carbonyl (C=O) groups is 2. The van der Waals surface area contributed by atoms with Crippen molar-refractivity contribution >= 4 is 29.9 Å². The minimum atomic E-state index is -0.0414. The fraction of sp³-hybridized carbons (Fsp3) is 0.600. The molecule has 2 unspecified atom stereocenters. The van der Waals surface area contributed by atoms with Gasteiger partial charge in [-0.3, -0.25) is 9.59 Å². The maximum atomic E-state index is 12.2. The van der Waals surface area contributed by atoms with Gasteiger partial charge >= 0.3 is 0 Å². The van der Waals surface area contributed by atoms with Gasteiger partial charge in [0, 0.05) is 24.6 Å². The summed E-state index contributed by atoms with van der Waals surface area (Å²) in [7, 11) is 0. The molecule has 2 amide bonds. The van der Waals surface area contributed by atoms with E-state index in [2.05, 4.69) is 22.9 Å². The second-order valence-corrected chi connectivity index (χ2v) is 7.41. The quantitative estimate of drug-likeness (QED) is 0.678. The molecule has 0 aromatic heterocycles. The summed E-state index contributed by atoms with van der Waals surface area (Å²) in [6, 6.07) is 7.62. The molecule has 3 N–H and O–H groups in total. The average Bonchev–Trinajstić information content (AvgIpc) is 2.61. The SMILES string of the molecule is CC(C)C(=O)Nc1ccc(CNC(=O)CC(C)C2CCCNC2)cc1.Cl. The highest BCUT2D eigenvalue weighted by Crippen LogP contribution is 2.22. The highest BCUT2D eigenvalue weighted by molar-refractivity contribution is 5.92. The Kier molecular flexibility index (Phi) is 9.66. The molecule has 1 aromatic rings. The van der Waals surface area contributed by atoms with Gasteiger partial charge in [-0.25, -0.2) is 0 Å². The van der Waals surface area contributed by atoms with E-state index >= 15 is 0 Å². The van der Waals surface area contributed by atoms with Crippen LogP contribution in [0.2, 0.25) is 0 Å². The van der Waals surface area contributed by atoms with Crippen LogP contribution in [0.1, 0.15) is 45.6 Å². The zero-order valence-electron chi connectivity index (χ0n) is 16.0. The lowest BCUT2D eigenvalue weighted by atomic mass is 9.85. The molecule has 6 heteroatoms. The molecule has 0 saturated carbocycles. The maximum Gasteiger partial charge on any atom is 0.226 e. The second-order valence-electron chi connectivity index (χ2n) is 7.41. The zero-order valence-corrected chi connectivity index (χ0v) is 16.8. The van der Waals surface area contributed by atoms with Gasteiger partial charge in [0.2, 0.25) is 11.8 Å². The van der Waals surface area contributed by atoms with Gasteiger partial charge in [-0.05, 0) is 55.5 Å². The molecule has 26 heavy (non-hydrogen) atoms. The van der Waals surface area contributed by atoms with Gasteiger partial charge in [0.05, 0.1) is 0 Å². The predicted octanol–water partition coefficient (Wildman–Crippen LogP) is 3.34. The fourth-order valence-corrected chi connectivity index (χ4v) is 3.09. The molecule has 2 rings (SSSR count). The van der Waals surface area contributed by atoms with Crippen LogP contribution >= 0.6 is 12.4 Å². The van der Waals surface area contributed by atoms with Crippen LogP contribution in [0.4, 0.5) is 5.69 Å². The van der Waals surface area contributed by atoms with Gasteiger partial charge < -0.3 is 16.0 Å². The number of carbonyl (C=O) groups excluding carboxylic acids is 2. The third-order valence-corrected chi connectivity index (χ3v) is 4.88. The Balaban J connectivity index is 0.00000338. The van der Waals surface area contributed by atoms with Crippen LogP contribution in [-0.4, -0.2) is 24.9 Å². The van der Waals surface area contributed by atoms with Crippen molar-refractivity contribution in [2.24, 2.45) is 17.8 Å². The number of halogens is 1. The predicted molar refractivity (Wildman–Crippen MR) is 108 cm³/mol. The molecule has 1 aliphatic heterocycles. The number of hydrogen-bond donors (Lipinski definition) is 3. The van der Waals surface area contributed by atoms with E-state index in [-0.39, 0.29) is 30.1 Å². The van der Waals surface area contributed by atoms with Crippen LogP contribution in [0.15, 0.2) is 24.3 Å². The van der Waals surface area contributed by atoms with Gasteiger partial charge in [-0.15, -0.1) is 12.4 Å². The Labute approximate surface area is 163 Å². The third-order valence-electron chi connectivity index (χ3n) is 4.88. The van der Waals surface area contributed by atoms with E-state index in [0.717, 1.165) is 24.3 Å². The van der Waals surface area contributed by atoms with Crippen molar-refractivity contribution in [3.8, 4) is 0 Å². The number of piperidine rings is 1. The monoisotopic (exact) mass is 381 g/mol. The summed E-state index contributed by atoms with van der Waals surface area (Å²) >= 11 is 0. The molecule has 1 aromatic carbocycles. The summed E-state index contributed by atoms with van der Waals surface area (Å²) in [6.45, 7) is 8.55. The Morgan fingerprint density at radius 3 is 2.46 bits per heavy atom. The number of benzene rings is 1. The Morgan fingerprint density at radius 2 is 1.88 bits per heavy atom. The summed E-state index contributed by atoms with van der Waals surface area (Å²) in [4.78, 5) is 23.8. The van der Waals surface area contributed by atoms with Crippen molar-refractivity contribution in [2.75, 3.05) is 18.4 Å². The van der Waals surface area contributed by atoms with E-state index in [1.807, 2.05) is 38.1 Å². The average molecular weight is 382 g/mol. The summed E-state index contributed by atoms with van der Waals surface area (Å²) < 4.78 is 0. The van der Waals surface area contributed by atoms with Gasteiger partial charge in [0.15, 0.2) is 0 Å². The van der Waals surface area contributed by atoms with Gasteiger partial charge in [-0.2, -0.15) is 0 Å². The lowest BCUT2D eigenvalue weighted by Crippen LogP contribution is -2.35. The van der Waals surface area contributed by atoms with Crippen LogP contribution in [0.5, 0.6) is 0 Å². The van der Waals surface area contributed by atoms with Gasteiger partial charge in [0.25, 0.3) is 0 Å². The summed E-state index contributed by atoms with van der Waals surface area (Å²) in [5.74, 6) is 1.08. The van der Waals surface area contributed by atoms with Crippen molar-refractivity contribution < 1.29 is 9.59 Å². The highest BCUT2D eigenvalue weighted by atomic mass is 35.5. The van der Waals surface area contributed by atoms with Crippen LogP contribution < -0.4 is 16.0 Å². The molecule has 1 fully saturated rings. The topological polar surface area (TPSA) is 70.2 Å². The van der Waals surface area contributed by atoms with Crippen LogP contribution in [0.25, 0.3) is 0 Å². The number of hydrogen-bond acceptors (Lipinski definition) is 3. The van der Waals surface area contributed by atoms with Crippen molar-refractivity contribution in [1.82, 2.24) is 10.6 Å². The number of anilines is 1. The normalized spacial score (nSPS) is 17.9. The molecule has 1 aliphatic rings. The first-order chi connectivity index (χ1) is 12.0. The summed E-state index contributed by atoms with van der Waals surface area (Å²) in [5.41, 5.74) is 1.81. The molecule has 0 bridgehead atoms. The van der Waals surface area contributed by atoms with E-state index in [0.29, 0.717) is 24.8 Å². The van der Waals surface area contributed by atoms with Crippen molar-refractivity contribution in [3.05, 3.63) is 29.8 Å². The lowest BCUT2D eigenvalue weighted by Gasteiger charge is -2.28. The standard InChI is InChI=1S/C20H31N3O2.ClH/c1-14(2)20(25)23-18-8-6-16(7-9-18)12-22-19(24)11-15(3)17-5-4-10-21-13-17;/h6-9,14-15,17,21H,4-5,10-13H2,1-3H3,(H,22,24)(H,23,25);1H. The van der Waals surface area contributed by atoms with Crippen molar-refractivity contribution in [2.45, 2.75) is 46.6 Å². The number of nitrogens with one attached hydrogen (secondary N) is 3. The van der Waals surface area contributed by atoms with E-state index in [9.17, 15) is 9.59 Å². The second kappa shape index (κ2) is 11.2. The van der Waals surface area contributed by atoms with Crippen molar-refractivity contribution in [1.29, 1.82) is 0 Å². The molecule has 0 aliphatic carbocycles. The van der Waals surface area contributed by atoms with Crippen LogP contribution in [0.3, 0.4) is 0 Å². The van der Waals surface area contributed by atoms with Crippen molar-refractivity contribution in [3.63, 3.8) is 0 Å². The molecular weight excluding hydrogens is 350 g/mol. The Morgan fingerprint density at radius 1 is 1.19 bits per heavy atom. The third kappa shape index (κ3) is 7.34. The molecular formula is C20H32ClN3O2. The molecule has 1 saturated heterocycles. The molecule has 5 nitrogen and oxygen atoms in total. The van der Waals surface area contributed by atoms with Crippen LogP contribution in [-0.2, 0) is 16.1 Å². The first-order valence-electron chi connectivity index (χ1n) is 9.33. The molecule has 1 heterocycles. The van der Waals surface area contributed by atoms with Gasteiger partial charge in [-0.1, -0.05) is 32.9 Å². The molecule has 0 radical (unpaired) electrons. The molecule has 2 atom stereocenters. The largest absolute Gasteiger partial charge is 0.352 e. The summed E-state index contributed by atoms with van der Waals surface area (Å²) in [6.07, 6.45) is 3.00. The van der Waals surface area contributed by atoms with Gasteiger partial charge in [0.1, 0.15) is 0 Å². The van der Waals surface area contributed by atoms with E-state index in [4.69, 9.17) is 0 Å². The Bertz CT molecular complexity index is 569. The fourth-order valence-electron chi connectivity index (χ4n) is 3.09. The minimum Gasteiger partial charge on any atom is -0.352 e. The zero-order chi connectivity index (χ0) is 18.2. The maximum absolute atomic E-state index is 12.2. The number of amides is 2. The van der Waals surface area contributed by atoms with E-state index in [1.165, 1.54) is 12.8 Å². The lowest BCUT2D eigenvalue weighted by molar-refractivity contribution is -0.122. The minimum absolute atomic E-state index is 0.